The number of methoxy groups -OCH3 is 1. The minimum atomic E-state index is -1.23. The van der Waals surface area contributed by atoms with Crippen LogP contribution in [0.15, 0.2) is 43.0 Å². The Morgan fingerprint density at radius 1 is 1.16 bits per heavy atom. The Balaban J connectivity index is 1.16. The van der Waals surface area contributed by atoms with E-state index < -0.39 is 19.5 Å². The third-order valence-corrected chi connectivity index (χ3v) is 10.7. The van der Waals surface area contributed by atoms with Gasteiger partial charge in [-0.25, -0.2) is 28.7 Å². The molecule has 1 fully saturated rings. The molecule has 1 atom stereocenters. The highest BCUT2D eigenvalue weighted by Gasteiger charge is 2.43. The van der Waals surface area contributed by atoms with Crippen LogP contribution in [0.1, 0.15) is 61.6 Å². The van der Waals surface area contributed by atoms with Gasteiger partial charge in [-0.15, -0.1) is 0 Å². The van der Waals surface area contributed by atoms with Gasteiger partial charge in [0.1, 0.15) is 24.0 Å². The lowest BCUT2D eigenvalue weighted by Crippen LogP contribution is -2.50. The van der Waals surface area contributed by atoms with Gasteiger partial charge >= 0.3 is 0 Å². The number of nitrogens with zero attached hydrogens (tertiary/aromatic N) is 8. The summed E-state index contributed by atoms with van der Waals surface area (Å²) in [4.78, 5) is 28.1. The number of ether oxygens (including phenoxy) is 2. The first-order chi connectivity index (χ1) is 23.4. The monoisotopic (exact) mass is 689 g/mol. The van der Waals surface area contributed by atoms with E-state index in [1.54, 1.807) is 30.3 Å². The number of amides is 1. The molecule has 49 heavy (non-hydrogen) atoms. The molecule has 0 bridgehead atoms. The van der Waals surface area contributed by atoms with Crippen LogP contribution in [-0.2, 0) is 21.0 Å². The summed E-state index contributed by atoms with van der Waals surface area (Å²) in [5.41, 5.74) is 1.42. The second kappa shape index (κ2) is 14.1. The molecule has 0 aliphatic heterocycles. The number of H-pyrrole nitrogens is 1. The zero-order chi connectivity index (χ0) is 34.8. The lowest BCUT2D eigenvalue weighted by Gasteiger charge is -2.38. The summed E-state index contributed by atoms with van der Waals surface area (Å²) in [6.45, 7) is 11.8. The molecule has 1 aliphatic carbocycles. The smallest absolute Gasteiger partial charge is 0.252 e. The highest BCUT2D eigenvalue weighted by atomic mass is 28.3. The van der Waals surface area contributed by atoms with Crippen LogP contribution in [0.2, 0.25) is 25.7 Å². The number of aromatic amines is 1. The molecule has 5 heterocycles. The number of aryl methyl sites for hydroxylation is 1. The summed E-state index contributed by atoms with van der Waals surface area (Å²) >= 11 is 0. The van der Waals surface area contributed by atoms with Crippen molar-refractivity contribution in [3.05, 3.63) is 65.9 Å². The quantitative estimate of drug-likeness (QED) is 0.106. The molecule has 1 aliphatic rings. The molecule has 0 spiro atoms. The fourth-order valence-electron chi connectivity index (χ4n) is 5.97. The molecule has 6 rings (SSSR count). The van der Waals surface area contributed by atoms with Gasteiger partial charge in [0.2, 0.25) is 0 Å². The van der Waals surface area contributed by atoms with E-state index >= 15 is 0 Å². The fourth-order valence-corrected chi connectivity index (χ4v) is 6.73. The maximum atomic E-state index is 13.7. The van der Waals surface area contributed by atoms with Gasteiger partial charge in [-0.2, -0.15) is 15.3 Å². The molecular weight excluding hydrogens is 646 g/mol. The predicted octanol–water partition coefficient (Wildman–Crippen LogP) is 5.55. The summed E-state index contributed by atoms with van der Waals surface area (Å²) in [7, 11) is 0.352. The first-order valence-corrected chi connectivity index (χ1v) is 20.3. The average molecular weight is 690 g/mol. The zero-order valence-electron chi connectivity index (χ0n) is 28.8. The average Bonchev–Trinajstić information content (AvgIpc) is 3.82. The van der Waals surface area contributed by atoms with Crippen LogP contribution in [0.25, 0.3) is 16.9 Å². The largest absolute Gasteiger partial charge is 0.368 e. The summed E-state index contributed by atoms with van der Waals surface area (Å²) < 4.78 is 28.5. The van der Waals surface area contributed by atoms with E-state index in [9.17, 15) is 9.18 Å². The lowest BCUT2D eigenvalue weighted by atomic mass is 9.77. The van der Waals surface area contributed by atoms with Crippen LogP contribution in [0.3, 0.4) is 0 Å². The summed E-state index contributed by atoms with van der Waals surface area (Å²) in [5, 5.41) is 23.1. The Bertz CT molecular complexity index is 1890. The minimum Gasteiger partial charge on any atom is -0.368 e. The van der Waals surface area contributed by atoms with Gasteiger partial charge in [0.25, 0.3) is 5.91 Å². The molecule has 260 valence electrons. The SMILES string of the molecule is CO[C@]1(C(=O)N[C@@H](C)c2ccc(-n3cc(F)cn3)nc2)CC[C@H](c2nc(Nc3cc(C)[nH]n3)c3cnn(COCC[Si](C)(C)C)c3n2)CC1. The number of carbonyl (C=O) groups is 1. The molecule has 0 radical (unpaired) electrons. The van der Waals surface area contributed by atoms with Crippen molar-refractivity contribution in [2.24, 2.45) is 0 Å². The van der Waals surface area contributed by atoms with Crippen molar-refractivity contribution in [2.45, 2.75) is 89.5 Å². The van der Waals surface area contributed by atoms with Crippen LogP contribution in [0, 0.1) is 12.7 Å². The van der Waals surface area contributed by atoms with Gasteiger partial charge < -0.3 is 20.1 Å². The molecule has 14 nitrogen and oxygen atoms in total. The second-order valence-electron chi connectivity index (χ2n) is 13.9. The molecule has 1 amide bonds. The van der Waals surface area contributed by atoms with E-state index in [0.717, 1.165) is 28.9 Å². The zero-order valence-corrected chi connectivity index (χ0v) is 29.8. The van der Waals surface area contributed by atoms with Crippen LogP contribution in [0.5, 0.6) is 0 Å². The Hall–Kier alpha value is -4.54. The number of aromatic nitrogens is 9. The maximum Gasteiger partial charge on any atom is 0.252 e. The number of hydrogen-bond donors (Lipinski definition) is 3. The third-order valence-electron chi connectivity index (χ3n) is 9.04. The number of anilines is 2. The summed E-state index contributed by atoms with van der Waals surface area (Å²) in [6.07, 6.45) is 8.09. The van der Waals surface area contributed by atoms with E-state index in [2.05, 4.69) is 55.7 Å². The topological polar surface area (TPSA) is 163 Å². The molecule has 1 saturated carbocycles. The number of fused-ring (bicyclic) bond motifs is 1. The standard InChI is InChI=1S/C33H44FN11O3Si/c1-21-15-27(43-42-21)39-30-26-18-37-45(20-48-13-14-49(4,5)6)31(26)41-29(40-30)23-9-11-33(47-3,12-10-23)32(46)38-22(2)24-7-8-28(35-16-24)44-19-25(34)17-36-44/h7-8,15-19,22-23H,9-14,20H2,1-6H3,(H,38,46)(H2,39,40,41,42,43)/t22-,23-,33+/m0/s1. The van der Waals surface area contributed by atoms with Crippen LogP contribution in [-0.4, -0.2) is 78.0 Å². The lowest BCUT2D eigenvalue weighted by molar-refractivity contribution is -0.148. The molecule has 5 aromatic rings. The van der Waals surface area contributed by atoms with Crippen molar-refractivity contribution in [1.29, 1.82) is 0 Å². The number of hydrogen-bond acceptors (Lipinski definition) is 10. The predicted molar refractivity (Wildman–Crippen MR) is 185 cm³/mol. The van der Waals surface area contributed by atoms with Gasteiger partial charge in [0.15, 0.2) is 23.1 Å². The minimum absolute atomic E-state index is 0.000551. The molecule has 5 aromatic heterocycles. The Morgan fingerprint density at radius 2 is 1.96 bits per heavy atom. The van der Waals surface area contributed by atoms with Crippen molar-refractivity contribution in [1.82, 2.24) is 50.0 Å². The number of nitrogens with one attached hydrogen (secondary N) is 3. The van der Waals surface area contributed by atoms with E-state index in [0.29, 0.717) is 67.9 Å². The molecule has 3 N–H and O–H groups in total. The van der Waals surface area contributed by atoms with Crippen molar-refractivity contribution in [2.75, 3.05) is 19.0 Å². The van der Waals surface area contributed by atoms with E-state index in [1.165, 1.54) is 10.9 Å². The number of rotatable bonds is 13. The second-order valence-corrected chi connectivity index (χ2v) is 19.6. The van der Waals surface area contributed by atoms with Crippen molar-refractivity contribution >= 4 is 36.7 Å². The van der Waals surface area contributed by atoms with Gasteiger partial charge in [0, 0.05) is 45.7 Å². The van der Waals surface area contributed by atoms with E-state index in [-0.39, 0.29) is 17.9 Å². The summed E-state index contributed by atoms with van der Waals surface area (Å²) in [5.74, 6) is 1.80. The van der Waals surface area contributed by atoms with Crippen LogP contribution < -0.4 is 10.6 Å². The third kappa shape index (κ3) is 7.86. The van der Waals surface area contributed by atoms with Crippen molar-refractivity contribution < 1.29 is 18.7 Å². The first-order valence-electron chi connectivity index (χ1n) is 16.6. The highest BCUT2D eigenvalue weighted by Crippen LogP contribution is 2.40. The number of carbonyl (C=O) groups excluding carboxylic acids is 1. The van der Waals surface area contributed by atoms with Gasteiger partial charge in [-0.05, 0) is 57.2 Å². The summed E-state index contributed by atoms with van der Waals surface area (Å²) in [6, 6.07) is 6.22. The van der Waals surface area contributed by atoms with Crippen LogP contribution >= 0.6 is 0 Å². The van der Waals surface area contributed by atoms with E-state index in [4.69, 9.17) is 19.4 Å². The normalized spacial score (nSPS) is 18.9. The van der Waals surface area contributed by atoms with Crippen LogP contribution in [0.4, 0.5) is 16.0 Å². The molecule has 0 unspecified atom stereocenters. The van der Waals surface area contributed by atoms with Crippen molar-refractivity contribution in [3.8, 4) is 5.82 Å². The highest BCUT2D eigenvalue weighted by molar-refractivity contribution is 6.76. The number of pyridine rings is 1. The molecule has 0 saturated heterocycles. The molecular formula is C33H44FN11O3Si. The Labute approximate surface area is 285 Å². The Morgan fingerprint density at radius 3 is 2.59 bits per heavy atom. The Kier molecular flexibility index (Phi) is 9.90. The van der Waals surface area contributed by atoms with Crippen molar-refractivity contribution in [3.63, 3.8) is 0 Å². The number of halogens is 1. The van der Waals surface area contributed by atoms with Gasteiger partial charge in [0.05, 0.1) is 30.0 Å². The van der Waals surface area contributed by atoms with Gasteiger partial charge in [-0.3, -0.25) is 9.89 Å². The van der Waals surface area contributed by atoms with E-state index in [1.807, 2.05) is 26.0 Å². The molecule has 16 heteroatoms. The molecule has 0 aromatic carbocycles. The fraction of sp³-hybridized carbons (Fsp3) is 0.485. The van der Waals surface area contributed by atoms with Gasteiger partial charge in [-0.1, -0.05) is 25.7 Å². The maximum absolute atomic E-state index is 13.7. The first kappa shape index (κ1) is 34.3.